The maximum absolute atomic E-state index is 5.29. The van der Waals surface area contributed by atoms with Gasteiger partial charge in [-0.25, -0.2) is 15.0 Å². The smallest absolute Gasteiger partial charge is 0.164 e. The molecule has 0 radical (unpaired) electrons. The number of nitrogens with zero attached hydrogens (tertiary/aromatic N) is 3. The Morgan fingerprint density at radius 1 is 0.214 bits per heavy atom. The SMILES string of the molecule is c1ccc(-c2ccc(-c3nc(-c4ccc(-c5ccccc5)cc4)nc(-c4cc(-c5cccc6ccccc56)ccc4-c4ccc5ccccc5c4)n3)cc2)cc1. The molecule has 0 saturated carbocycles. The van der Waals surface area contributed by atoms with E-state index in [2.05, 4.69) is 200 Å². The minimum absolute atomic E-state index is 0.620. The largest absolute Gasteiger partial charge is 0.208 e. The molecule has 0 bridgehead atoms. The van der Waals surface area contributed by atoms with Crippen LogP contribution in [0.5, 0.6) is 0 Å². The molecule has 1 aromatic heterocycles. The minimum atomic E-state index is 0.620. The van der Waals surface area contributed by atoms with Gasteiger partial charge in [0.1, 0.15) is 0 Å². The lowest BCUT2D eigenvalue weighted by molar-refractivity contribution is 1.07. The van der Waals surface area contributed by atoms with Crippen molar-refractivity contribution in [1.29, 1.82) is 0 Å². The molecule has 3 nitrogen and oxygen atoms in total. The van der Waals surface area contributed by atoms with E-state index in [1.807, 2.05) is 12.1 Å². The van der Waals surface area contributed by atoms with Crippen molar-refractivity contribution in [1.82, 2.24) is 15.0 Å². The summed E-state index contributed by atoms with van der Waals surface area (Å²) >= 11 is 0. The average Bonchev–Trinajstić information content (AvgIpc) is 3.29. The lowest BCUT2D eigenvalue weighted by Crippen LogP contribution is -2.01. The molecule has 0 aliphatic carbocycles. The van der Waals surface area contributed by atoms with Crippen LogP contribution in [0.3, 0.4) is 0 Å². The van der Waals surface area contributed by atoms with Crippen LogP contribution in [0.15, 0.2) is 212 Å². The van der Waals surface area contributed by atoms with E-state index in [1.54, 1.807) is 0 Å². The number of aromatic nitrogens is 3. The van der Waals surface area contributed by atoms with Crippen molar-refractivity contribution >= 4 is 21.5 Å². The van der Waals surface area contributed by atoms with Crippen LogP contribution < -0.4 is 0 Å². The highest BCUT2D eigenvalue weighted by molar-refractivity contribution is 5.99. The van der Waals surface area contributed by atoms with Gasteiger partial charge in [-0.05, 0) is 78.2 Å². The zero-order valence-corrected chi connectivity index (χ0v) is 30.5. The van der Waals surface area contributed by atoms with Crippen molar-refractivity contribution < 1.29 is 0 Å². The van der Waals surface area contributed by atoms with Gasteiger partial charge >= 0.3 is 0 Å². The summed E-state index contributed by atoms with van der Waals surface area (Å²) in [5, 5.41) is 4.79. The van der Waals surface area contributed by atoms with Crippen molar-refractivity contribution in [3.05, 3.63) is 212 Å². The molecule has 0 aliphatic heterocycles. The zero-order chi connectivity index (χ0) is 37.3. The molecule has 262 valence electrons. The van der Waals surface area contributed by atoms with Crippen LogP contribution in [0, 0.1) is 0 Å². The van der Waals surface area contributed by atoms with Crippen LogP contribution in [0.4, 0.5) is 0 Å². The Morgan fingerprint density at radius 2 is 0.661 bits per heavy atom. The Balaban J connectivity index is 1.18. The van der Waals surface area contributed by atoms with Crippen LogP contribution in [-0.2, 0) is 0 Å². The molecular formula is C53H35N3. The summed E-state index contributed by atoms with van der Waals surface area (Å²) in [5.41, 5.74) is 11.8. The van der Waals surface area contributed by atoms with Gasteiger partial charge in [-0.3, -0.25) is 0 Å². The standard InChI is InChI=1S/C53H35N3/c1-3-12-36(13-4-1)39-22-27-42(28-23-39)51-54-52(43-29-24-40(25-30-43)37-14-5-2-6-15-37)56-53(55-51)50-35-46(48-21-11-19-41-17-9-10-20-47(41)48)32-33-49(50)45-31-26-38-16-7-8-18-44(38)34-45/h1-35H. The molecule has 0 spiro atoms. The molecule has 0 aliphatic rings. The van der Waals surface area contributed by atoms with Crippen LogP contribution >= 0.6 is 0 Å². The Bertz CT molecular complexity index is 2880. The Labute approximate surface area is 326 Å². The summed E-state index contributed by atoms with van der Waals surface area (Å²) < 4.78 is 0. The molecule has 3 heteroatoms. The topological polar surface area (TPSA) is 38.7 Å². The van der Waals surface area contributed by atoms with E-state index >= 15 is 0 Å². The van der Waals surface area contributed by atoms with Gasteiger partial charge in [-0.15, -0.1) is 0 Å². The van der Waals surface area contributed by atoms with Crippen molar-refractivity contribution in [2.75, 3.05) is 0 Å². The predicted molar refractivity (Wildman–Crippen MR) is 233 cm³/mol. The number of hydrogen-bond donors (Lipinski definition) is 0. The molecule has 0 saturated heterocycles. The van der Waals surface area contributed by atoms with Crippen molar-refractivity contribution in [3.63, 3.8) is 0 Å². The van der Waals surface area contributed by atoms with E-state index in [-0.39, 0.29) is 0 Å². The first-order chi connectivity index (χ1) is 27.7. The lowest BCUT2D eigenvalue weighted by atomic mass is 9.91. The highest BCUT2D eigenvalue weighted by atomic mass is 15.0. The second kappa shape index (κ2) is 14.4. The molecule has 10 aromatic rings. The molecule has 0 unspecified atom stereocenters. The third-order valence-electron chi connectivity index (χ3n) is 10.6. The first-order valence-corrected chi connectivity index (χ1v) is 18.9. The number of rotatable bonds is 7. The third kappa shape index (κ3) is 6.42. The van der Waals surface area contributed by atoms with Gasteiger partial charge in [0.15, 0.2) is 17.5 Å². The summed E-state index contributed by atoms with van der Waals surface area (Å²) in [7, 11) is 0. The van der Waals surface area contributed by atoms with Gasteiger partial charge in [0, 0.05) is 16.7 Å². The maximum Gasteiger partial charge on any atom is 0.164 e. The Hall–Kier alpha value is -7.49. The van der Waals surface area contributed by atoms with Crippen LogP contribution in [0.2, 0.25) is 0 Å². The Kier molecular flexibility index (Phi) is 8.51. The van der Waals surface area contributed by atoms with E-state index in [9.17, 15) is 0 Å². The molecule has 0 N–H and O–H groups in total. The summed E-state index contributed by atoms with van der Waals surface area (Å²) in [5.74, 6) is 1.86. The van der Waals surface area contributed by atoms with Crippen LogP contribution in [-0.4, -0.2) is 15.0 Å². The molecule has 0 amide bonds. The second-order valence-corrected chi connectivity index (χ2v) is 14.0. The van der Waals surface area contributed by atoms with Gasteiger partial charge in [0.05, 0.1) is 0 Å². The zero-order valence-electron chi connectivity index (χ0n) is 30.5. The highest BCUT2D eigenvalue weighted by Crippen LogP contribution is 2.39. The van der Waals surface area contributed by atoms with Gasteiger partial charge < -0.3 is 0 Å². The molecule has 0 atom stereocenters. The van der Waals surface area contributed by atoms with E-state index < -0.39 is 0 Å². The fraction of sp³-hybridized carbons (Fsp3) is 0. The summed E-state index contributed by atoms with van der Waals surface area (Å²) in [6.45, 7) is 0. The normalized spacial score (nSPS) is 11.2. The maximum atomic E-state index is 5.29. The fourth-order valence-electron chi connectivity index (χ4n) is 7.62. The molecule has 1 heterocycles. The van der Waals surface area contributed by atoms with E-state index in [0.29, 0.717) is 17.5 Å². The van der Waals surface area contributed by atoms with Gasteiger partial charge in [0.2, 0.25) is 0 Å². The van der Waals surface area contributed by atoms with E-state index in [0.717, 1.165) is 50.1 Å². The van der Waals surface area contributed by atoms with E-state index in [4.69, 9.17) is 15.0 Å². The number of hydrogen-bond acceptors (Lipinski definition) is 3. The lowest BCUT2D eigenvalue weighted by Gasteiger charge is -2.15. The number of benzene rings is 9. The summed E-state index contributed by atoms with van der Waals surface area (Å²) in [6, 6.07) is 74.8. The predicted octanol–water partition coefficient (Wildman–Crippen LogP) is 13.8. The first-order valence-electron chi connectivity index (χ1n) is 18.9. The number of fused-ring (bicyclic) bond motifs is 2. The molecule has 0 fully saturated rings. The Morgan fingerprint density at radius 3 is 1.30 bits per heavy atom. The summed E-state index contributed by atoms with van der Waals surface area (Å²) in [6.07, 6.45) is 0. The molecule has 56 heavy (non-hydrogen) atoms. The van der Waals surface area contributed by atoms with Crippen molar-refractivity contribution in [2.45, 2.75) is 0 Å². The van der Waals surface area contributed by atoms with Gasteiger partial charge in [0.25, 0.3) is 0 Å². The average molecular weight is 714 g/mol. The summed E-state index contributed by atoms with van der Waals surface area (Å²) in [4.78, 5) is 15.7. The van der Waals surface area contributed by atoms with E-state index in [1.165, 1.54) is 32.7 Å². The van der Waals surface area contributed by atoms with Crippen molar-refractivity contribution in [3.8, 4) is 78.7 Å². The molecule has 10 rings (SSSR count). The van der Waals surface area contributed by atoms with Gasteiger partial charge in [-0.1, -0.05) is 200 Å². The van der Waals surface area contributed by atoms with Crippen LogP contribution in [0.1, 0.15) is 0 Å². The third-order valence-corrected chi connectivity index (χ3v) is 10.6. The van der Waals surface area contributed by atoms with Crippen molar-refractivity contribution in [2.24, 2.45) is 0 Å². The quantitative estimate of drug-likeness (QED) is 0.165. The second-order valence-electron chi connectivity index (χ2n) is 14.0. The molecular weight excluding hydrogens is 679 g/mol. The highest BCUT2D eigenvalue weighted by Gasteiger charge is 2.18. The monoisotopic (exact) mass is 713 g/mol. The minimum Gasteiger partial charge on any atom is -0.208 e. The fourth-order valence-corrected chi connectivity index (χ4v) is 7.62. The molecule has 9 aromatic carbocycles. The first kappa shape index (κ1) is 33.1. The van der Waals surface area contributed by atoms with Crippen LogP contribution in [0.25, 0.3) is 100 Å². The van der Waals surface area contributed by atoms with Gasteiger partial charge in [-0.2, -0.15) is 0 Å².